The molecule has 2 aliphatic heterocycles. The summed E-state index contributed by atoms with van der Waals surface area (Å²) >= 11 is 0.700. The third kappa shape index (κ3) is 40.4. The molecule has 2 saturated heterocycles. The van der Waals surface area contributed by atoms with Crippen molar-refractivity contribution in [3.8, 4) is 11.1 Å². The Morgan fingerprint density at radius 3 is 1.54 bits per heavy atom. The monoisotopic (exact) mass is 2050 g/mol. The number of morpholine rings is 1. The molecule has 3 fully saturated rings. The number of carboxylic acid groups (broad SMARTS) is 1. The lowest BCUT2D eigenvalue weighted by molar-refractivity contribution is -0.143. The van der Waals surface area contributed by atoms with E-state index < -0.39 is 277 Å². The first-order valence-corrected chi connectivity index (χ1v) is 49.9. The van der Waals surface area contributed by atoms with Gasteiger partial charge in [-0.15, -0.1) is 11.8 Å². The van der Waals surface area contributed by atoms with Gasteiger partial charge in [-0.1, -0.05) is 163 Å². The van der Waals surface area contributed by atoms with Crippen LogP contribution in [0.1, 0.15) is 166 Å². The van der Waals surface area contributed by atoms with Gasteiger partial charge in [-0.25, -0.2) is 0 Å². The van der Waals surface area contributed by atoms with Crippen LogP contribution < -0.4 is 109 Å². The summed E-state index contributed by atoms with van der Waals surface area (Å²) in [7, 11) is 1.18. The van der Waals surface area contributed by atoms with Crippen LogP contribution in [0.3, 0.4) is 0 Å². The summed E-state index contributed by atoms with van der Waals surface area (Å²) in [5, 5.41) is 46.6. The average molecular weight is 2050 g/mol. The number of benzene rings is 4. The van der Waals surface area contributed by atoms with E-state index in [1.807, 2.05) is 12.1 Å². The Morgan fingerprint density at radius 2 is 0.979 bits per heavy atom. The molecule has 18 amide bonds. The van der Waals surface area contributed by atoms with E-state index in [0.717, 1.165) is 41.9 Å². The predicted octanol–water partition coefficient (Wildman–Crippen LogP) is -1.90. The van der Waals surface area contributed by atoms with Crippen molar-refractivity contribution >= 4 is 124 Å². The number of ether oxygens (including phenoxy) is 1. The Morgan fingerprint density at radius 1 is 0.497 bits per heavy atom. The Hall–Kier alpha value is -13.2. The van der Waals surface area contributed by atoms with E-state index in [0.29, 0.717) is 53.4 Å². The minimum absolute atomic E-state index is 0.0375. The Labute approximate surface area is 843 Å². The number of carboxylic acids is 1. The maximum Gasteiger partial charge on any atom is 0.416 e. The number of hydrogen-bond donors (Lipinski definition) is 21. The summed E-state index contributed by atoms with van der Waals surface area (Å²) < 4.78 is 49.4. The highest BCUT2D eigenvalue weighted by molar-refractivity contribution is 8.00. The first kappa shape index (κ1) is 119. The lowest BCUT2D eigenvalue weighted by atomic mass is 9.84. The number of nitrogens with two attached hydrogens (primary N) is 6. The van der Waals surface area contributed by atoms with Gasteiger partial charge in [0.25, 0.3) is 0 Å². The van der Waals surface area contributed by atoms with Gasteiger partial charge in [-0.3, -0.25) is 96.0 Å². The van der Waals surface area contributed by atoms with Crippen molar-refractivity contribution in [2.75, 3.05) is 71.0 Å². The first-order chi connectivity index (χ1) is 68.8. The topological polar surface area (TPSA) is 685 Å². The van der Waals surface area contributed by atoms with Crippen LogP contribution in [0.5, 0.6) is 0 Å². The number of nitrogens with one attached hydrogen (secondary N) is 14. The van der Waals surface area contributed by atoms with Gasteiger partial charge in [-0.2, -0.15) is 13.2 Å². The van der Waals surface area contributed by atoms with E-state index >= 15 is 28.8 Å². The van der Waals surface area contributed by atoms with Crippen LogP contribution in [0.4, 0.5) is 13.2 Å². The molecule has 7 rings (SSSR count). The molecular formula is C98H141F3N22O21S. The van der Waals surface area contributed by atoms with E-state index in [4.69, 9.17) is 39.1 Å². The number of nitrogens with zero attached hydrogens (tertiary/aromatic N) is 2. The SMILES string of the molecule is CC(C)C[C@H]1NC(=O)[C@H](C)N(C)C(=O)[C@H](CCC(N)=O)NC(=O)[C@H](Cc2ccc(-c3ccccc3)cc2)NC(=O)[C@H](CCc2ccccc2)NC(=O)[C@H](Cc2cccc(C(F)(F)F)c2)NC(=O)[C@H](CC(=O)O)NC(=O)[C@H](CCC(N)=O)NC(=O)[C@H](CN2CCOCC2)NC(=O)CSC[C@@H](C(=O)N[C@@H](CCN)C(N)=O)NC(=O)[C@H](CCCN)NC(=O)[C@H](C(C)C)NC(=O)[C@H](CC2CCCCC2)NC(=O)[C@H](CCN)NC1=O. The molecule has 0 unspecified atom stereocenters. The predicted molar refractivity (Wildman–Crippen MR) is 529 cm³/mol. The number of carbonyl (C=O) groups is 19. The summed E-state index contributed by atoms with van der Waals surface area (Å²) in [6, 6.07) is 2.11. The van der Waals surface area contributed by atoms with Crippen molar-refractivity contribution in [2.24, 2.45) is 52.2 Å². The standard InChI is InChI=1S/C98H141F3N22O21S/c1-55(2)46-71-89(135)112-69(38-41-104)88(134)117-73(48-59-20-12-8-13-21-59)93(139)121-82(56(3)4)96(142)113-66(26-17-39-102)85(131)120-77(95(141)109-65(37-40-103)83(107)129)53-145-54-80(126)108-76(52-123-42-44-144-45-43-123)94(140)111-68(33-35-78(105)124)87(133)119-75(51-81(127)128)92(138)118-74(50-61-22-16-25-64(47-61)98(99,100)101)90(136)110-67(32-29-58-18-10-7-11-19-58)86(132)116-72(49-60-27-30-63(31-28-60)62-23-14-9-15-24-62)91(137)114-70(34-36-79(106)125)97(143)122(6)57(5)84(130)115-71/h7,9-11,14-16,18-19,22-25,27-28,30-31,47,55-57,59,65-77,82H,8,12-13,17,20-21,26,29,32-46,48-54,102-104H2,1-6H3,(H2,105,124)(H2,106,125)(H2,107,129)(H,108,126)(H,109,141)(H,110,136)(H,111,140)(H,112,135)(H,113,142)(H,114,137)(H,115,130)(H,116,132)(H,117,134)(H,118,138)(H,119,133)(H,120,131)(H,121,139)(H,127,128)/t57-,65-,66-,67-,68-,69-,70-,71+,72-,73-,74-,75-,76-,77-,82-/m0/s1. The van der Waals surface area contributed by atoms with Crippen LogP contribution in [0, 0.1) is 17.8 Å². The number of rotatable bonds is 33. The van der Waals surface area contributed by atoms with Gasteiger partial charge < -0.3 is 124 Å². The number of aliphatic carboxylic acids is 1. The van der Waals surface area contributed by atoms with Crippen LogP contribution in [-0.4, -0.2) is 289 Å². The molecule has 4 aromatic carbocycles. The van der Waals surface area contributed by atoms with Gasteiger partial charge >= 0.3 is 12.1 Å². The number of primary amides is 3. The van der Waals surface area contributed by atoms with E-state index in [-0.39, 0.29) is 121 Å². The zero-order chi connectivity index (χ0) is 107. The van der Waals surface area contributed by atoms with Crippen molar-refractivity contribution < 1.29 is 114 Å². The largest absolute Gasteiger partial charge is 0.481 e. The molecule has 27 N–H and O–H groups in total. The van der Waals surface area contributed by atoms with E-state index in [9.17, 15) is 80.6 Å². The fourth-order valence-electron chi connectivity index (χ4n) is 16.7. The minimum Gasteiger partial charge on any atom is -0.481 e. The minimum atomic E-state index is -5.01. The second-order valence-electron chi connectivity index (χ2n) is 37.3. The average Bonchev–Trinajstić information content (AvgIpc) is 0.830. The maximum atomic E-state index is 15.6. The van der Waals surface area contributed by atoms with Crippen molar-refractivity contribution in [3.63, 3.8) is 0 Å². The lowest BCUT2D eigenvalue weighted by Gasteiger charge is -2.32. The first-order valence-electron chi connectivity index (χ1n) is 48.8. The summed E-state index contributed by atoms with van der Waals surface area (Å²) in [4.78, 5) is 279. The van der Waals surface area contributed by atoms with Gasteiger partial charge in [-0.05, 0) is 142 Å². The quantitative estimate of drug-likeness (QED) is 0.0248. The summed E-state index contributed by atoms with van der Waals surface area (Å²) in [6.07, 6.45) is -7.41. The molecule has 0 spiro atoms. The summed E-state index contributed by atoms with van der Waals surface area (Å²) in [5.41, 5.74) is 35.8. The van der Waals surface area contributed by atoms with Gasteiger partial charge in [0.1, 0.15) is 90.6 Å². The highest BCUT2D eigenvalue weighted by Crippen LogP contribution is 2.31. The number of alkyl halides is 3. The molecule has 4 aromatic rings. The molecule has 3 aliphatic rings. The third-order valence-corrected chi connectivity index (χ3v) is 26.0. The third-order valence-electron chi connectivity index (χ3n) is 25.0. The van der Waals surface area contributed by atoms with Gasteiger partial charge in [0.05, 0.1) is 31.0 Å². The number of thioether (sulfide) groups is 1. The highest BCUT2D eigenvalue weighted by atomic mass is 32.2. The number of hydrogen-bond acceptors (Lipinski definition) is 25. The van der Waals surface area contributed by atoms with Crippen LogP contribution in [0.15, 0.2) is 109 Å². The van der Waals surface area contributed by atoms with Gasteiger partial charge in [0, 0.05) is 58.1 Å². The maximum absolute atomic E-state index is 15.6. The molecule has 796 valence electrons. The fraction of sp³-hybridized carbons (Fsp3) is 0.561. The van der Waals surface area contributed by atoms with Crippen molar-refractivity contribution in [1.29, 1.82) is 0 Å². The lowest BCUT2D eigenvalue weighted by Crippen LogP contribution is -2.61. The molecule has 47 heteroatoms. The molecule has 2 heterocycles. The molecule has 43 nitrogen and oxygen atoms in total. The zero-order valence-electron chi connectivity index (χ0n) is 82.5. The molecule has 1 aliphatic carbocycles. The molecule has 0 aromatic heterocycles. The zero-order valence-corrected chi connectivity index (χ0v) is 83.3. The van der Waals surface area contributed by atoms with Crippen LogP contribution >= 0.6 is 11.8 Å². The Kier molecular flexibility index (Phi) is 49.0. The Balaban J connectivity index is 1.37. The van der Waals surface area contributed by atoms with E-state index in [2.05, 4.69) is 74.4 Å². The fourth-order valence-corrected chi connectivity index (χ4v) is 17.6. The molecule has 0 bridgehead atoms. The molecule has 1 saturated carbocycles. The van der Waals surface area contributed by atoms with Crippen molar-refractivity contribution in [1.82, 2.24) is 84.2 Å². The van der Waals surface area contributed by atoms with Gasteiger partial charge in [0.2, 0.25) is 106 Å². The van der Waals surface area contributed by atoms with Crippen LogP contribution in [0.2, 0.25) is 0 Å². The van der Waals surface area contributed by atoms with Crippen molar-refractivity contribution in [2.45, 2.75) is 260 Å². The summed E-state index contributed by atoms with van der Waals surface area (Å²) in [6.45, 7) is 7.77. The second kappa shape index (κ2) is 59.9. The molecule has 15 atom stereocenters. The number of carbonyl (C=O) groups excluding carboxylic acids is 18. The highest BCUT2D eigenvalue weighted by Gasteiger charge is 2.42. The normalized spacial score (nSPS) is 24.1. The number of amides is 18. The smallest absolute Gasteiger partial charge is 0.416 e. The molecular weight excluding hydrogens is 1910 g/mol. The van der Waals surface area contributed by atoms with Gasteiger partial charge in [0.15, 0.2) is 0 Å². The molecule has 145 heavy (non-hydrogen) atoms. The number of aryl methyl sites for hydroxylation is 1. The van der Waals surface area contributed by atoms with Crippen molar-refractivity contribution in [3.05, 3.63) is 131 Å². The summed E-state index contributed by atoms with van der Waals surface area (Å²) in [5.74, 6) is -23.5. The van der Waals surface area contributed by atoms with Crippen LogP contribution in [0.25, 0.3) is 11.1 Å². The Bertz CT molecular complexity index is 5060. The number of halogens is 3. The van der Waals surface area contributed by atoms with Crippen LogP contribution in [-0.2, 0) is 121 Å². The second-order valence-corrected chi connectivity index (χ2v) is 38.3. The van der Waals surface area contributed by atoms with E-state index in [1.165, 1.54) is 14.0 Å². The van der Waals surface area contributed by atoms with E-state index in [1.54, 1.807) is 105 Å². The number of likely N-dealkylation sites (N-methyl/N-ethyl adjacent to an activating group) is 1. The molecule has 0 radical (unpaired) electrons.